The molecule has 0 unspecified atom stereocenters. The van der Waals surface area contributed by atoms with Crippen LogP contribution in [0.2, 0.25) is 0 Å². The molecule has 0 aliphatic heterocycles. The van der Waals surface area contributed by atoms with Crippen molar-refractivity contribution >= 4 is 5.97 Å². The molecule has 0 N–H and O–H groups in total. The van der Waals surface area contributed by atoms with Crippen molar-refractivity contribution in [3.8, 4) is 23.1 Å². The van der Waals surface area contributed by atoms with Crippen molar-refractivity contribution in [3.05, 3.63) is 95.9 Å². The fraction of sp³-hybridized carbons (Fsp3) is 0.125. The molecule has 4 aromatic rings. The summed E-state index contributed by atoms with van der Waals surface area (Å²) >= 11 is 0. The maximum absolute atomic E-state index is 12.5. The number of rotatable bonds is 6. The molecule has 0 aliphatic rings. The van der Waals surface area contributed by atoms with Gasteiger partial charge in [0.15, 0.2) is 0 Å². The quantitative estimate of drug-likeness (QED) is 0.343. The summed E-state index contributed by atoms with van der Waals surface area (Å²) in [5, 5.41) is 4.58. The monoisotopic (exact) mass is 399 g/mol. The van der Waals surface area contributed by atoms with Gasteiger partial charge in [0.25, 0.3) is 0 Å². The van der Waals surface area contributed by atoms with Crippen LogP contribution in [0.15, 0.2) is 79.0 Å². The van der Waals surface area contributed by atoms with Gasteiger partial charge in [0.05, 0.1) is 17.8 Å². The van der Waals surface area contributed by atoms with Crippen LogP contribution in [0.1, 0.15) is 17.0 Å². The van der Waals surface area contributed by atoms with E-state index in [9.17, 15) is 4.79 Å². The maximum Gasteiger partial charge on any atom is 0.315 e. The lowest BCUT2D eigenvalue weighted by Gasteiger charge is -2.08. The molecule has 150 valence electrons. The number of nitrogens with zero attached hydrogens (tertiary/aromatic N) is 3. The first kappa shape index (κ1) is 19.4. The summed E-state index contributed by atoms with van der Waals surface area (Å²) in [5.41, 5.74) is 3.57. The van der Waals surface area contributed by atoms with Crippen LogP contribution in [-0.4, -0.2) is 20.7 Å². The van der Waals surface area contributed by atoms with E-state index in [2.05, 4.69) is 10.1 Å². The van der Waals surface area contributed by atoms with E-state index in [1.165, 1.54) is 0 Å². The summed E-state index contributed by atoms with van der Waals surface area (Å²) < 4.78 is 13.0. The third-order valence-corrected chi connectivity index (χ3v) is 4.68. The summed E-state index contributed by atoms with van der Waals surface area (Å²) in [5.74, 6) is 1.24. The molecule has 2 aromatic carbocycles. The maximum atomic E-state index is 12.5. The lowest BCUT2D eigenvalue weighted by atomic mass is 10.1. The van der Waals surface area contributed by atoms with Crippen molar-refractivity contribution in [1.82, 2.24) is 14.8 Å². The largest absolute Gasteiger partial charge is 0.439 e. The molecule has 6 nitrogen and oxygen atoms in total. The molecule has 0 amide bonds. The zero-order chi connectivity index (χ0) is 20.9. The number of hydrogen-bond acceptors (Lipinski definition) is 5. The first-order chi connectivity index (χ1) is 14.6. The van der Waals surface area contributed by atoms with Gasteiger partial charge in [0.2, 0.25) is 5.88 Å². The van der Waals surface area contributed by atoms with Gasteiger partial charge in [-0.3, -0.25) is 4.79 Å². The van der Waals surface area contributed by atoms with E-state index in [0.717, 1.165) is 22.6 Å². The van der Waals surface area contributed by atoms with E-state index in [1.54, 1.807) is 36.5 Å². The van der Waals surface area contributed by atoms with Crippen LogP contribution in [0.5, 0.6) is 17.4 Å². The van der Waals surface area contributed by atoms with Gasteiger partial charge < -0.3 is 9.47 Å². The average Bonchev–Trinajstić information content (AvgIpc) is 3.05. The highest BCUT2D eigenvalue weighted by atomic mass is 16.5. The predicted octanol–water partition coefficient (Wildman–Crippen LogP) is 4.82. The van der Waals surface area contributed by atoms with E-state index in [4.69, 9.17) is 9.47 Å². The molecule has 2 heterocycles. The Kier molecular flexibility index (Phi) is 5.57. The minimum absolute atomic E-state index is 0.149. The second-order valence-corrected chi connectivity index (χ2v) is 6.79. The Morgan fingerprint density at radius 1 is 0.900 bits per heavy atom. The molecule has 0 bridgehead atoms. The van der Waals surface area contributed by atoms with Crippen molar-refractivity contribution in [3.63, 3.8) is 0 Å². The zero-order valence-electron chi connectivity index (χ0n) is 16.8. The van der Waals surface area contributed by atoms with Crippen molar-refractivity contribution in [2.45, 2.75) is 20.3 Å². The van der Waals surface area contributed by atoms with Gasteiger partial charge in [-0.15, -0.1) is 0 Å². The van der Waals surface area contributed by atoms with E-state index in [-0.39, 0.29) is 12.4 Å². The smallest absolute Gasteiger partial charge is 0.315 e. The highest BCUT2D eigenvalue weighted by Crippen LogP contribution is 2.23. The molecule has 4 rings (SSSR count). The van der Waals surface area contributed by atoms with Gasteiger partial charge >= 0.3 is 5.97 Å². The Bertz CT molecular complexity index is 1140. The van der Waals surface area contributed by atoms with E-state index in [0.29, 0.717) is 17.4 Å². The molecule has 2 aromatic heterocycles. The highest BCUT2D eigenvalue weighted by Gasteiger charge is 2.17. The standard InChI is InChI=1S/C24H21N3O3/c1-17-22(18(2)27(26-17)19-8-4-3-5-9-19)16-24(28)30-21-13-11-20(12-14-21)29-23-10-6-7-15-25-23/h3-15H,16H2,1-2H3. The topological polar surface area (TPSA) is 66.2 Å². The second-order valence-electron chi connectivity index (χ2n) is 6.79. The molecule has 0 fully saturated rings. The Labute approximate surface area is 174 Å². The Morgan fingerprint density at radius 3 is 2.30 bits per heavy atom. The number of aromatic nitrogens is 3. The molecule has 0 radical (unpaired) electrons. The van der Waals surface area contributed by atoms with E-state index < -0.39 is 0 Å². The number of benzene rings is 2. The molecule has 6 heteroatoms. The van der Waals surface area contributed by atoms with E-state index in [1.807, 2.05) is 61.0 Å². The number of carbonyl (C=O) groups is 1. The van der Waals surface area contributed by atoms with Crippen LogP contribution in [-0.2, 0) is 11.2 Å². The fourth-order valence-corrected chi connectivity index (χ4v) is 3.17. The van der Waals surface area contributed by atoms with Gasteiger partial charge in [-0.2, -0.15) is 5.10 Å². The van der Waals surface area contributed by atoms with Crippen molar-refractivity contribution in [1.29, 1.82) is 0 Å². The number of para-hydroxylation sites is 1. The van der Waals surface area contributed by atoms with Crippen LogP contribution >= 0.6 is 0 Å². The molecule has 0 aliphatic carbocycles. The number of ether oxygens (including phenoxy) is 2. The SMILES string of the molecule is Cc1nn(-c2ccccc2)c(C)c1CC(=O)Oc1ccc(Oc2ccccn2)cc1. The van der Waals surface area contributed by atoms with Gasteiger partial charge in [-0.1, -0.05) is 24.3 Å². The summed E-state index contributed by atoms with van der Waals surface area (Å²) in [4.78, 5) is 16.6. The molecule has 0 atom stereocenters. The molecular formula is C24H21N3O3. The molecule has 0 saturated heterocycles. The Hall–Kier alpha value is -3.93. The first-order valence-electron chi connectivity index (χ1n) is 9.60. The number of pyridine rings is 1. The van der Waals surface area contributed by atoms with Crippen LogP contribution < -0.4 is 9.47 Å². The highest BCUT2D eigenvalue weighted by molar-refractivity contribution is 5.76. The fourth-order valence-electron chi connectivity index (χ4n) is 3.17. The van der Waals surface area contributed by atoms with Crippen molar-refractivity contribution in [2.75, 3.05) is 0 Å². The third kappa shape index (κ3) is 4.38. The van der Waals surface area contributed by atoms with Gasteiger partial charge in [0, 0.05) is 23.5 Å². The van der Waals surface area contributed by atoms with Gasteiger partial charge in [0.1, 0.15) is 11.5 Å². The van der Waals surface area contributed by atoms with Crippen molar-refractivity contribution < 1.29 is 14.3 Å². The van der Waals surface area contributed by atoms with Crippen LogP contribution in [0.25, 0.3) is 5.69 Å². The minimum atomic E-state index is -0.341. The number of esters is 1. The number of carbonyl (C=O) groups excluding carboxylic acids is 1. The van der Waals surface area contributed by atoms with Crippen LogP contribution in [0, 0.1) is 13.8 Å². The van der Waals surface area contributed by atoms with Crippen LogP contribution in [0.3, 0.4) is 0 Å². The predicted molar refractivity (Wildman–Crippen MR) is 113 cm³/mol. The third-order valence-electron chi connectivity index (χ3n) is 4.68. The summed E-state index contributed by atoms with van der Waals surface area (Å²) in [6.45, 7) is 3.86. The lowest BCUT2D eigenvalue weighted by Crippen LogP contribution is -2.12. The normalized spacial score (nSPS) is 10.6. The molecular weight excluding hydrogens is 378 g/mol. The Morgan fingerprint density at radius 2 is 1.60 bits per heavy atom. The minimum Gasteiger partial charge on any atom is -0.439 e. The van der Waals surface area contributed by atoms with Gasteiger partial charge in [-0.25, -0.2) is 9.67 Å². The summed E-state index contributed by atoms with van der Waals surface area (Å²) in [7, 11) is 0. The number of hydrogen-bond donors (Lipinski definition) is 0. The van der Waals surface area contributed by atoms with E-state index >= 15 is 0 Å². The molecule has 30 heavy (non-hydrogen) atoms. The first-order valence-corrected chi connectivity index (χ1v) is 9.60. The van der Waals surface area contributed by atoms with Gasteiger partial charge in [-0.05, 0) is 56.3 Å². The van der Waals surface area contributed by atoms with Crippen molar-refractivity contribution in [2.24, 2.45) is 0 Å². The summed E-state index contributed by atoms with van der Waals surface area (Å²) in [6, 6.07) is 22.2. The Balaban J connectivity index is 1.42. The summed E-state index contributed by atoms with van der Waals surface area (Å²) in [6.07, 6.45) is 1.81. The second kappa shape index (κ2) is 8.61. The lowest BCUT2D eigenvalue weighted by molar-refractivity contribution is -0.133. The number of aryl methyl sites for hydroxylation is 1. The van der Waals surface area contributed by atoms with Crippen LogP contribution in [0.4, 0.5) is 0 Å². The molecule has 0 spiro atoms. The zero-order valence-corrected chi connectivity index (χ0v) is 16.8. The molecule has 0 saturated carbocycles. The average molecular weight is 399 g/mol.